The van der Waals surface area contributed by atoms with Gasteiger partial charge >= 0.3 is 0 Å². The fourth-order valence-corrected chi connectivity index (χ4v) is 3.45. The molecule has 2 aliphatic carbocycles. The maximum absolute atomic E-state index is 9.80. The van der Waals surface area contributed by atoms with Gasteiger partial charge in [-0.05, 0) is 18.8 Å². The van der Waals surface area contributed by atoms with E-state index in [4.69, 9.17) is 15.9 Å². The van der Waals surface area contributed by atoms with Gasteiger partial charge in [-0.15, -0.1) is 12.3 Å². The van der Waals surface area contributed by atoms with Crippen molar-refractivity contribution in [3.8, 4) is 12.3 Å². The van der Waals surface area contributed by atoms with E-state index in [2.05, 4.69) is 5.92 Å². The molecule has 3 aliphatic rings. The molecular weight excluding hydrogens is 192 g/mol. The number of aliphatic hydroxyl groups excluding tert-OH is 1. The second-order valence-electron chi connectivity index (χ2n) is 4.82. The lowest BCUT2D eigenvalue weighted by atomic mass is 9.56. The SMILES string of the molecule is C#C[C@@H]1[C@H]2CC3(OCCO3)[C@H]2CC[C@H]1O. The first-order valence-corrected chi connectivity index (χ1v) is 5.69. The smallest absolute Gasteiger partial charge is 0.171 e. The number of hydrogen-bond donors (Lipinski definition) is 1. The number of terminal acetylenes is 1. The Morgan fingerprint density at radius 3 is 2.67 bits per heavy atom. The Labute approximate surface area is 89.8 Å². The molecule has 2 saturated carbocycles. The molecule has 0 aromatic heterocycles. The molecule has 0 radical (unpaired) electrons. The van der Waals surface area contributed by atoms with Gasteiger partial charge in [-0.3, -0.25) is 0 Å². The number of rotatable bonds is 0. The number of ether oxygens (including phenoxy) is 2. The molecule has 3 rings (SSSR count). The van der Waals surface area contributed by atoms with Crippen molar-refractivity contribution in [2.24, 2.45) is 17.8 Å². The van der Waals surface area contributed by atoms with Crippen LogP contribution in [0.2, 0.25) is 0 Å². The van der Waals surface area contributed by atoms with Crippen molar-refractivity contribution in [3.63, 3.8) is 0 Å². The molecule has 1 N–H and O–H groups in total. The molecule has 3 nitrogen and oxygen atoms in total. The van der Waals surface area contributed by atoms with Gasteiger partial charge in [-0.2, -0.15) is 0 Å². The summed E-state index contributed by atoms with van der Waals surface area (Å²) < 4.78 is 11.4. The molecule has 82 valence electrons. The summed E-state index contributed by atoms with van der Waals surface area (Å²) in [5.41, 5.74) is 0. The molecule has 0 amide bonds. The average molecular weight is 208 g/mol. The van der Waals surface area contributed by atoms with Crippen LogP contribution in [0.4, 0.5) is 0 Å². The van der Waals surface area contributed by atoms with E-state index in [0.717, 1.165) is 19.3 Å². The van der Waals surface area contributed by atoms with Gasteiger partial charge in [0.25, 0.3) is 0 Å². The lowest BCUT2D eigenvalue weighted by Crippen LogP contribution is -2.60. The third-order valence-corrected chi connectivity index (χ3v) is 4.22. The first-order valence-electron chi connectivity index (χ1n) is 5.69. The van der Waals surface area contributed by atoms with Crippen LogP contribution in [0.1, 0.15) is 19.3 Å². The van der Waals surface area contributed by atoms with Crippen LogP contribution in [0.25, 0.3) is 0 Å². The lowest BCUT2D eigenvalue weighted by molar-refractivity contribution is -0.296. The Morgan fingerprint density at radius 2 is 2.00 bits per heavy atom. The van der Waals surface area contributed by atoms with E-state index in [1.807, 2.05) is 0 Å². The number of aliphatic hydroxyl groups is 1. The zero-order valence-electron chi connectivity index (χ0n) is 8.69. The predicted molar refractivity (Wildman–Crippen MR) is 53.8 cm³/mol. The Morgan fingerprint density at radius 1 is 1.27 bits per heavy atom. The summed E-state index contributed by atoms with van der Waals surface area (Å²) in [4.78, 5) is 0. The molecule has 4 atom stereocenters. The zero-order valence-corrected chi connectivity index (χ0v) is 8.69. The minimum atomic E-state index is -0.333. The minimum absolute atomic E-state index is 0.00201. The fourth-order valence-electron chi connectivity index (χ4n) is 3.45. The molecule has 1 saturated heterocycles. The van der Waals surface area contributed by atoms with E-state index >= 15 is 0 Å². The molecule has 1 spiro atoms. The Kier molecular flexibility index (Phi) is 2.07. The van der Waals surface area contributed by atoms with Gasteiger partial charge in [0.15, 0.2) is 5.79 Å². The molecule has 15 heavy (non-hydrogen) atoms. The second kappa shape index (κ2) is 3.21. The van der Waals surface area contributed by atoms with Gasteiger partial charge in [0.2, 0.25) is 0 Å². The third kappa shape index (κ3) is 1.19. The standard InChI is InChI=1S/C12H16O3/c1-2-8-9-7-12(14-5-6-15-12)10(9)3-4-11(8)13/h1,8-11,13H,3-7H2/t8-,9-,10+,11-/m1/s1. The number of fused-ring (bicyclic) bond motifs is 2. The molecular formula is C12H16O3. The summed E-state index contributed by atoms with van der Waals surface area (Å²) >= 11 is 0. The maximum atomic E-state index is 9.80. The lowest BCUT2D eigenvalue weighted by Gasteiger charge is -2.56. The molecule has 0 bridgehead atoms. The summed E-state index contributed by atoms with van der Waals surface area (Å²) in [6.07, 6.45) is 7.77. The van der Waals surface area contributed by atoms with Crippen molar-refractivity contribution in [2.75, 3.05) is 13.2 Å². The van der Waals surface area contributed by atoms with Crippen LogP contribution in [0.5, 0.6) is 0 Å². The number of hydrogen-bond acceptors (Lipinski definition) is 3. The topological polar surface area (TPSA) is 38.7 Å². The summed E-state index contributed by atoms with van der Waals surface area (Å²) in [6.45, 7) is 1.40. The molecule has 3 heteroatoms. The summed E-state index contributed by atoms with van der Waals surface area (Å²) in [5, 5.41) is 9.80. The Balaban J connectivity index is 1.78. The molecule has 1 heterocycles. The van der Waals surface area contributed by atoms with E-state index < -0.39 is 0 Å². The summed E-state index contributed by atoms with van der Waals surface area (Å²) in [5.74, 6) is 3.21. The maximum Gasteiger partial charge on any atom is 0.171 e. The van der Waals surface area contributed by atoms with Crippen LogP contribution in [-0.2, 0) is 9.47 Å². The van der Waals surface area contributed by atoms with E-state index in [-0.39, 0.29) is 17.8 Å². The van der Waals surface area contributed by atoms with Crippen LogP contribution in [0.3, 0.4) is 0 Å². The van der Waals surface area contributed by atoms with Crippen LogP contribution in [0.15, 0.2) is 0 Å². The van der Waals surface area contributed by atoms with Crippen molar-refractivity contribution in [1.82, 2.24) is 0 Å². The van der Waals surface area contributed by atoms with Crippen LogP contribution >= 0.6 is 0 Å². The zero-order chi connectivity index (χ0) is 10.5. The van der Waals surface area contributed by atoms with Gasteiger partial charge in [0.1, 0.15) is 0 Å². The minimum Gasteiger partial charge on any atom is -0.392 e. The van der Waals surface area contributed by atoms with Gasteiger partial charge in [0, 0.05) is 18.3 Å². The molecule has 0 aromatic rings. The molecule has 0 aromatic carbocycles. The molecule has 1 aliphatic heterocycles. The second-order valence-corrected chi connectivity index (χ2v) is 4.82. The van der Waals surface area contributed by atoms with Crippen molar-refractivity contribution in [2.45, 2.75) is 31.2 Å². The van der Waals surface area contributed by atoms with Gasteiger partial charge in [0.05, 0.1) is 19.3 Å². The monoisotopic (exact) mass is 208 g/mol. The molecule has 3 fully saturated rings. The largest absolute Gasteiger partial charge is 0.392 e. The van der Waals surface area contributed by atoms with Gasteiger partial charge in [-0.25, -0.2) is 0 Å². The average Bonchev–Trinajstić information content (AvgIpc) is 2.68. The Hall–Kier alpha value is -0.560. The summed E-state index contributed by atoms with van der Waals surface area (Å²) in [6, 6.07) is 0. The Bertz CT molecular complexity index is 300. The molecule has 0 unspecified atom stereocenters. The van der Waals surface area contributed by atoms with Crippen molar-refractivity contribution in [3.05, 3.63) is 0 Å². The summed E-state index contributed by atoms with van der Waals surface area (Å²) in [7, 11) is 0. The first-order chi connectivity index (χ1) is 7.27. The van der Waals surface area contributed by atoms with Gasteiger partial charge < -0.3 is 14.6 Å². The van der Waals surface area contributed by atoms with E-state index in [1.54, 1.807) is 0 Å². The van der Waals surface area contributed by atoms with Crippen molar-refractivity contribution >= 4 is 0 Å². The first kappa shape index (κ1) is 9.65. The van der Waals surface area contributed by atoms with E-state index in [1.165, 1.54) is 0 Å². The third-order valence-electron chi connectivity index (χ3n) is 4.22. The quantitative estimate of drug-likeness (QED) is 0.598. The highest BCUT2D eigenvalue weighted by atomic mass is 16.7. The highest BCUT2D eigenvalue weighted by Crippen LogP contribution is 2.57. The fraction of sp³-hybridized carbons (Fsp3) is 0.833. The van der Waals surface area contributed by atoms with E-state index in [9.17, 15) is 5.11 Å². The highest BCUT2D eigenvalue weighted by Gasteiger charge is 2.62. The predicted octanol–water partition coefficient (Wildman–Crippen LogP) is 0.770. The van der Waals surface area contributed by atoms with Gasteiger partial charge in [-0.1, -0.05) is 0 Å². The van der Waals surface area contributed by atoms with Crippen molar-refractivity contribution in [1.29, 1.82) is 0 Å². The van der Waals surface area contributed by atoms with E-state index in [0.29, 0.717) is 25.0 Å². The normalized spacial score (nSPS) is 46.9. The highest BCUT2D eigenvalue weighted by molar-refractivity contribution is 5.13. The van der Waals surface area contributed by atoms with Crippen LogP contribution in [-0.4, -0.2) is 30.2 Å². The van der Waals surface area contributed by atoms with Crippen LogP contribution < -0.4 is 0 Å². The van der Waals surface area contributed by atoms with Crippen LogP contribution in [0, 0.1) is 30.1 Å². The van der Waals surface area contributed by atoms with Crippen molar-refractivity contribution < 1.29 is 14.6 Å².